The third-order valence-corrected chi connectivity index (χ3v) is 6.05. The quantitative estimate of drug-likeness (QED) is 0.292. The smallest absolute Gasteiger partial charge is 0.335 e. The van der Waals surface area contributed by atoms with Gasteiger partial charge in [-0.25, -0.2) is 9.78 Å². The number of carboxylic acids is 1. The summed E-state index contributed by atoms with van der Waals surface area (Å²) in [6.07, 6.45) is 1.57. The molecular weight excluding hydrogens is 538 g/mol. The van der Waals surface area contributed by atoms with Gasteiger partial charge >= 0.3 is 5.97 Å². The number of fused-ring (bicyclic) bond motifs is 1. The topological polar surface area (TPSA) is 103 Å². The van der Waals surface area contributed by atoms with Crippen LogP contribution >= 0.6 is 15.9 Å². The summed E-state index contributed by atoms with van der Waals surface area (Å²) in [5.41, 5.74) is 1.53. The van der Waals surface area contributed by atoms with E-state index in [2.05, 4.69) is 21.0 Å². The zero-order valence-corrected chi connectivity index (χ0v) is 22.4. The summed E-state index contributed by atoms with van der Waals surface area (Å²) in [4.78, 5) is 29.3. The predicted molar refractivity (Wildman–Crippen MR) is 146 cm³/mol. The van der Waals surface area contributed by atoms with Gasteiger partial charge in [0, 0.05) is 9.89 Å². The second-order valence-electron chi connectivity index (χ2n) is 9.41. The standard InChI is InChI=1S/C28H26BrN3O5/c1-28(2,3)27-31-22-10-9-20(29)14-21(22)25(33)32(27)30-15-17-8-11-23(24(13-17)36-4)37-16-18-6-5-7-19(12-18)26(34)35/h5-15H,16H2,1-4H3,(H,34,35). The summed E-state index contributed by atoms with van der Waals surface area (Å²) in [6.45, 7) is 6.11. The molecule has 9 heteroatoms. The molecule has 37 heavy (non-hydrogen) atoms. The van der Waals surface area contributed by atoms with Gasteiger partial charge in [0.1, 0.15) is 12.4 Å². The van der Waals surface area contributed by atoms with E-state index in [1.54, 1.807) is 48.7 Å². The van der Waals surface area contributed by atoms with Gasteiger partial charge in [0.2, 0.25) is 0 Å². The van der Waals surface area contributed by atoms with E-state index in [0.29, 0.717) is 33.8 Å². The number of ether oxygens (including phenoxy) is 2. The van der Waals surface area contributed by atoms with Crippen LogP contribution in [0, 0.1) is 0 Å². The van der Waals surface area contributed by atoms with Gasteiger partial charge in [-0.15, -0.1) is 0 Å². The first-order valence-electron chi connectivity index (χ1n) is 11.5. The second kappa shape index (κ2) is 10.6. The molecule has 0 saturated heterocycles. The van der Waals surface area contributed by atoms with E-state index in [9.17, 15) is 14.7 Å². The number of hydrogen-bond acceptors (Lipinski definition) is 6. The first-order valence-corrected chi connectivity index (χ1v) is 12.3. The van der Waals surface area contributed by atoms with Crippen molar-refractivity contribution in [2.75, 3.05) is 7.11 Å². The first kappa shape index (κ1) is 26.1. The van der Waals surface area contributed by atoms with Crippen molar-refractivity contribution in [1.29, 1.82) is 0 Å². The molecule has 190 valence electrons. The van der Waals surface area contributed by atoms with Crippen molar-refractivity contribution < 1.29 is 19.4 Å². The highest BCUT2D eigenvalue weighted by Gasteiger charge is 2.23. The van der Waals surface area contributed by atoms with Crippen LogP contribution < -0.4 is 15.0 Å². The van der Waals surface area contributed by atoms with E-state index in [0.717, 1.165) is 10.0 Å². The number of carbonyl (C=O) groups is 1. The Hall–Kier alpha value is -3.98. The average Bonchev–Trinajstić information content (AvgIpc) is 2.86. The van der Waals surface area contributed by atoms with Crippen molar-refractivity contribution in [2.24, 2.45) is 5.10 Å². The minimum Gasteiger partial charge on any atom is -0.493 e. The van der Waals surface area contributed by atoms with Crippen molar-refractivity contribution in [1.82, 2.24) is 9.66 Å². The van der Waals surface area contributed by atoms with Crippen molar-refractivity contribution in [3.8, 4) is 11.5 Å². The van der Waals surface area contributed by atoms with Crippen LogP contribution in [0.3, 0.4) is 0 Å². The second-order valence-corrected chi connectivity index (χ2v) is 10.3. The maximum atomic E-state index is 13.3. The molecule has 0 unspecified atom stereocenters. The lowest BCUT2D eigenvalue weighted by Gasteiger charge is -2.20. The number of aromatic carboxylic acids is 1. The Bertz CT molecular complexity index is 1570. The van der Waals surface area contributed by atoms with Crippen LogP contribution in [-0.4, -0.2) is 34.1 Å². The molecule has 0 atom stereocenters. The lowest BCUT2D eigenvalue weighted by atomic mass is 9.95. The van der Waals surface area contributed by atoms with Crippen LogP contribution in [0.2, 0.25) is 0 Å². The number of hydrogen-bond donors (Lipinski definition) is 1. The van der Waals surface area contributed by atoms with Gasteiger partial charge in [0.25, 0.3) is 5.56 Å². The Morgan fingerprint density at radius 3 is 2.59 bits per heavy atom. The molecule has 0 aliphatic heterocycles. The van der Waals surface area contributed by atoms with Gasteiger partial charge in [-0.2, -0.15) is 9.78 Å². The van der Waals surface area contributed by atoms with Gasteiger partial charge in [0.05, 0.1) is 29.8 Å². The highest BCUT2D eigenvalue weighted by atomic mass is 79.9. The van der Waals surface area contributed by atoms with Crippen LogP contribution in [0.15, 0.2) is 75.0 Å². The van der Waals surface area contributed by atoms with E-state index in [4.69, 9.17) is 14.5 Å². The van der Waals surface area contributed by atoms with E-state index < -0.39 is 11.4 Å². The fourth-order valence-corrected chi connectivity index (χ4v) is 4.07. The molecule has 1 heterocycles. The molecule has 0 amide bonds. The third-order valence-electron chi connectivity index (χ3n) is 5.56. The molecule has 0 aliphatic carbocycles. The summed E-state index contributed by atoms with van der Waals surface area (Å²) in [5, 5.41) is 14.1. The summed E-state index contributed by atoms with van der Waals surface area (Å²) in [5.74, 6) is 0.512. The molecule has 0 spiro atoms. The summed E-state index contributed by atoms with van der Waals surface area (Å²) in [6, 6.07) is 17.3. The molecule has 1 N–H and O–H groups in total. The molecule has 0 aliphatic rings. The highest BCUT2D eigenvalue weighted by molar-refractivity contribution is 9.10. The number of halogens is 1. The number of methoxy groups -OCH3 is 1. The summed E-state index contributed by atoms with van der Waals surface area (Å²) in [7, 11) is 1.53. The van der Waals surface area contributed by atoms with Gasteiger partial charge in [0.15, 0.2) is 11.5 Å². The van der Waals surface area contributed by atoms with E-state index in [1.807, 2.05) is 32.9 Å². The van der Waals surface area contributed by atoms with Gasteiger partial charge in [-0.05, 0) is 59.7 Å². The van der Waals surface area contributed by atoms with Crippen molar-refractivity contribution in [3.63, 3.8) is 0 Å². The van der Waals surface area contributed by atoms with Crippen molar-refractivity contribution >= 4 is 39.0 Å². The van der Waals surface area contributed by atoms with Gasteiger partial charge < -0.3 is 14.6 Å². The van der Waals surface area contributed by atoms with E-state index in [-0.39, 0.29) is 17.7 Å². The van der Waals surface area contributed by atoms with Crippen LogP contribution in [-0.2, 0) is 12.0 Å². The number of aromatic nitrogens is 2. The lowest BCUT2D eigenvalue weighted by molar-refractivity contribution is 0.0696. The molecule has 1 aromatic heterocycles. The summed E-state index contributed by atoms with van der Waals surface area (Å²) >= 11 is 3.42. The highest BCUT2D eigenvalue weighted by Crippen LogP contribution is 2.29. The van der Waals surface area contributed by atoms with Crippen molar-refractivity contribution in [2.45, 2.75) is 32.8 Å². The minimum atomic E-state index is -0.994. The van der Waals surface area contributed by atoms with Crippen LogP contribution in [0.25, 0.3) is 10.9 Å². The van der Waals surface area contributed by atoms with Crippen LogP contribution in [0.1, 0.15) is 48.1 Å². The third kappa shape index (κ3) is 5.89. The SMILES string of the molecule is COc1cc(C=Nn2c(C(C)(C)C)nc3ccc(Br)cc3c2=O)ccc1OCc1cccc(C(=O)O)c1. The van der Waals surface area contributed by atoms with Gasteiger partial charge in [-0.3, -0.25) is 4.79 Å². The largest absolute Gasteiger partial charge is 0.493 e. The molecule has 0 fully saturated rings. The molecular formula is C28H26BrN3O5. The normalized spacial score (nSPS) is 11.7. The molecule has 0 bridgehead atoms. The fraction of sp³-hybridized carbons (Fsp3) is 0.214. The zero-order valence-electron chi connectivity index (χ0n) is 20.9. The number of carboxylic acid groups (broad SMARTS) is 1. The average molecular weight is 564 g/mol. The Balaban J connectivity index is 1.64. The molecule has 0 radical (unpaired) electrons. The molecule has 4 aromatic rings. The number of rotatable bonds is 7. The Labute approximate surface area is 222 Å². The lowest BCUT2D eigenvalue weighted by Crippen LogP contribution is -2.29. The number of benzene rings is 3. The summed E-state index contributed by atoms with van der Waals surface area (Å²) < 4.78 is 13.5. The Kier molecular flexibility index (Phi) is 7.45. The van der Waals surface area contributed by atoms with Gasteiger partial charge in [-0.1, -0.05) is 48.8 Å². The predicted octanol–water partition coefficient (Wildman–Crippen LogP) is 5.62. The fourth-order valence-electron chi connectivity index (χ4n) is 3.70. The molecule has 3 aromatic carbocycles. The molecule has 4 rings (SSSR count). The number of nitrogens with zero attached hydrogens (tertiary/aromatic N) is 3. The van der Waals surface area contributed by atoms with E-state index in [1.165, 1.54) is 17.9 Å². The van der Waals surface area contributed by atoms with Crippen molar-refractivity contribution in [3.05, 3.63) is 98.0 Å². The zero-order chi connectivity index (χ0) is 26.7. The first-order chi connectivity index (χ1) is 17.6. The Morgan fingerprint density at radius 2 is 1.89 bits per heavy atom. The Morgan fingerprint density at radius 1 is 1.11 bits per heavy atom. The van der Waals surface area contributed by atoms with E-state index >= 15 is 0 Å². The molecule has 0 saturated carbocycles. The van der Waals surface area contributed by atoms with Crippen LogP contribution in [0.4, 0.5) is 0 Å². The molecule has 8 nitrogen and oxygen atoms in total. The maximum absolute atomic E-state index is 13.3. The van der Waals surface area contributed by atoms with Crippen LogP contribution in [0.5, 0.6) is 11.5 Å². The monoisotopic (exact) mass is 563 g/mol. The maximum Gasteiger partial charge on any atom is 0.335 e. The minimum absolute atomic E-state index is 0.174.